The number of nitrogens with zero attached hydrogens (tertiary/aromatic N) is 1. The van der Waals surface area contributed by atoms with E-state index >= 15 is 0 Å². The summed E-state index contributed by atoms with van der Waals surface area (Å²) in [4.78, 5) is 13.5. The molecule has 0 heterocycles. The number of aryl methyl sites for hydroxylation is 1. The maximum Gasteiger partial charge on any atom is 0.222 e. The summed E-state index contributed by atoms with van der Waals surface area (Å²) in [5.74, 6) is 0.0954. The van der Waals surface area contributed by atoms with Crippen molar-refractivity contribution in [1.29, 1.82) is 0 Å². The van der Waals surface area contributed by atoms with Crippen LogP contribution in [-0.4, -0.2) is 35.6 Å². The van der Waals surface area contributed by atoms with Crippen LogP contribution in [-0.2, 0) is 11.2 Å². The van der Waals surface area contributed by atoms with Gasteiger partial charge < -0.3 is 15.7 Å². The Morgan fingerprint density at radius 3 is 2.83 bits per heavy atom. The molecule has 100 valence electrons. The van der Waals surface area contributed by atoms with Crippen molar-refractivity contribution in [2.45, 2.75) is 32.3 Å². The number of aliphatic hydroxyl groups is 1. The van der Waals surface area contributed by atoms with Crippen molar-refractivity contribution in [3.63, 3.8) is 0 Å². The van der Waals surface area contributed by atoms with Crippen LogP contribution in [0.15, 0.2) is 24.3 Å². The third-order valence-electron chi connectivity index (χ3n) is 2.89. The number of hydrogen-bond acceptors (Lipinski definition) is 3. The number of nitrogen functional groups attached to an aromatic ring is 1. The number of amides is 1. The lowest BCUT2D eigenvalue weighted by Crippen LogP contribution is -2.29. The van der Waals surface area contributed by atoms with Crippen molar-refractivity contribution in [2.24, 2.45) is 0 Å². The topological polar surface area (TPSA) is 66.6 Å². The van der Waals surface area contributed by atoms with E-state index < -0.39 is 0 Å². The highest BCUT2D eigenvalue weighted by Gasteiger charge is 2.09. The molecule has 4 nitrogen and oxygen atoms in total. The molecule has 0 aliphatic carbocycles. The van der Waals surface area contributed by atoms with Gasteiger partial charge in [0, 0.05) is 25.7 Å². The monoisotopic (exact) mass is 250 g/mol. The van der Waals surface area contributed by atoms with E-state index in [1.165, 1.54) is 0 Å². The quantitative estimate of drug-likeness (QED) is 0.751. The Hall–Kier alpha value is -1.55. The van der Waals surface area contributed by atoms with E-state index in [0.29, 0.717) is 25.8 Å². The van der Waals surface area contributed by atoms with Gasteiger partial charge >= 0.3 is 0 Å². The summed E-state index contributed by atoms with van der Waals surface area (Å²) in [6, 6.07) is 7.59. The van der Waals surface area contributed by atoms with E-state index in [1.54, 1.807) is 18.9 Å². The van der Waals surface area contributed by atoms with Crippen LogP contribution in [0.25, 0.3) is 0 Å². The summed E-state index contributed by atoms with van der Waals surface area (Å²) in [5, 5.41) is 9.17. The molecule has 0 spiro atoms. The molecule has 1 unspecified atom stereocenters. The number of hydrogen-bond donors (Lipinski definition) is 2. The van der Waals surface area contributed by atoms with Crippen LogP contribution in [0.4, 0.5) is 5.69 Å². The molecular weight excluding hydrogens is 228 g/mol. The average molecular weight is 250 g/mol. The average Bonchev–Trinajstić information content (AvgIpc) is 2.33. The van der Waals surface area contributed by atoms with Crippen LogP contribution in [0.2, 0.25) is 0 Å². The third-order valence-corrected chi connectivity index (χ3v) is 2.89. The molecule has 0 fully saturated rings. The molecule has 0 saturated carbocycles. The lowest BCUT2D eigenvalue weighted by atomic mass is 10.1. The Morgan fingerprint density at radius 1 is 1.50 bits per heavy atom. The number of rotatable bonds is 6. The summed E-state index contributed by atoms with van der Waals surface area (Å²) in [6.45, 7) is 2.32. The van der Waals surface area contributed by atoms with Crippen LogP contribution < -0.4 is 5.73 Å². The summed E-state index contributed by atoms with van der Waals surface area (Å²) in [6.07, 6.45) is 1.41. The second kappa shape index (κ2) is 7.01. The van der Waals surface area contributed by atoms with Gasteiger partial charge in [-0.15, -0.1) is 0 Å². The number of benzene rings is 1. The number of anilines is 1. The highest BCUT2D eigenvalue weighted by atomic mass is 16.3. The van der Waals surface area contributed by atoms with Gasteiger partial charge in [0.2, 0.25) is 5.91 Å². The van der Waals surface area contributed by atoms with E-state index in [4.69, 9.17) is 10.8 Å². The van der Waals surface area contributed by atoms with E-state index in [2.05, 4.69) is 0 Å². The molecule has 1 aromatic carbocycles. The van der Waals surface area contributed by atoms with Crippen molar-refractivity contribution >= 4 is 11.6 Å². The van der Waals surface area contributed by atoms with E-state index in [9.17, 15) is 4.79 Å². The Morgan fingerprint density at radius 2 is 2.22 bits per heavy atom. The van der Waals surface area contributed by atoms with Crippen molar-refractivity contribution in [3.8, 4) is 0 Å². The first-order valence-corrected chi connectivity index (χ1v) is 6.25. The van der Waals surface area contributed by atoms with E-state index in [0.717, 1.165) is 11.3 Å². The van der Waals surface area contributed by atoms with Crippen LogP contribution in [0.3, 0.4) is 0 Å². The lowest BCUT2D eigenvalue weighted by Gasteiger charge is -2.18. The highest BCUT2D eigenvalue weighted by Crippen LogP contribution is 2.09. The number of carbonyl (C=O) groups excluding carboxylic acids is 1. The minimum absolute atomic E-state index is 0.0954. The zero-order valence-electron chi connectivity index (χ0n) is 11.1. The fraction of sp³-hybridized carbons (Fsp3) is 0.500. The maximum absolute atomic E-state index is 11.8. The fourth-order valence-corrected chi connectivity index (χ4v) is 1.70. The van der Waals surface area contributed by atoms with Gasteiger partial charge in [0.1, 0.15) is 0 Å². The van der Waals surface area contributed by atoms with Crippen molar-refractivity contribution in [2.75, 3.05) is 19.3 Å². The van der Waals surface area contributed by atoms with Gasteiger partial charge in [-0.25, -0.2) is 0 Å². The Bertz CT molecular complexity index is 391. The van der Waals surface area contributed by atoms with Gasteiger partial charge in [0.25, 0.3) is 0 Å². The number of aliphatic hydroxyl groups excluding tert-OH is 1. The summed E-state index contributed by atoms with van der Waals surface area (Å²) < 4.78 is 0. The van der Waals surface area contributed by atoms with Gasteiger partial charge in [-0.3, -0.25) is 4.79 Å². The minimum Gasteiger partial charge on any atom is -0.399 e. The van der Waals surface area contributed by atoms with Crippen molar-refractivity contribution < 1.29 is 9.90 Å². The van der Waals surface area contributed by atoms with Gasteiger partial charge in [-0.2, -0.15) is 0 Å². The molecule has 1 amide bonds. The van der Waals surface area contributed by atoms with Crippen LogP contribution in [0, 0.1) is 0 Å². The molecule has 1 rings (SSSR count). The van der Waals surface area contributed by atoms with Crippen molar-refractivity contribution in [1.82, 2.24) is 4.90 Å². The molecule has 0 aliphatic rings. The van der Waals surface area contributed by atoms with Gasteiger partial charge in [0.15, 0.2) is 0 Å². The Labute approximate surface area is 108 Å². The first kappa shape index (κ1) is 14.5. The normalized spacial score (nSPS) is 12.2. The molecule has 1 aromatic rings. The largest absolute Gasteiger partial charge is 0.399 e. The summed E-state index contributed by atoms with van der Waals surface area (Å²) >= 11 is 0. The number of nitrogens with two attached hydrogens (primary N) is 1. The zero-order valence-corrected chi connectivity index (χ0v) is 11.1. The predicted molar refractivity (Wildman–Crippen MR) is 73.1 cm³/mol. The second-order valence-corrected chi connectivity index (χ2v) is 4.70. The predicted octanol–water partition coefficient (Wildman–Crippen LogP) is 1.43. The van der Waals surface area contributed by atoms with Gasteiger partial charge in [-0.05, 0) is 37.5 Å². The molecule has 1 atom stereocenters. The molecule has 3 N–H and O–H groups in total. The molecule has 0 radical (unpaired) electrons. The maximum atomic E-state index is 11.8. The molecule has 4 heteroatoms. The summed E-state index contributed by atoms with van der Waals surface area (Å²) in [7, 11) is 1.77. The van der Waals surface area contributed by atoms with Crippen LogP contribution >= 0.6 is 0 Å². The first-order chi connectivity index (χ1) is 8.49. The second-order valence-electron chi connectivity index (χ2n) is 4.70. The SMILES string of the molecule is CC(O)CCN(C)C(=O)CCc1cccc(N)c1. The molecule has 0 aliphatic heterocycles. The standard InChI is InChI=1S/C14H22N2O2/c1-11(17)8-9-16(2)14(18)7-6-12-4-3-5-13(15)10-12/h3-5,10-11,17H,6-9,15H2,1-2H3. The lowest BCUT2D eigenvalue weighted by molar-refractivity contribution is -0.130. The first-order valence-electron chi connectivity index (χ1n) is 6.25. The molecular formula is C14H22N2O2. The van der Waals surface area contributed by atoms with Gasteiger partial charge in [0.05, 0.1) is 6.10 Å². The molecule has 0 bridgehead atoms. The van der Waals surface area contributed by atoms with Crippen LogP contribution in [0.1, 0.15) is 25.3 Å². The van der Waals surface area contributed by atoms with E-state index in [1.807, 2.05) is 24.3 Å². The highest BCUT2D eigenvalue weighted by molar-refractivity contribution is 5.76. The molecule has 18 heavy (non-hydrogen) atoms. The molecule has 0 aromatic heterocycles. The molecule has 0 saturated heterocycles. The summed E-state index contributed by atoms with van der Waals surface area (Å²) in [5.41, 5.74) is 7.48. The smallest absolute Gasteiger partial charge is 0.222 e. The minimum atomic E-state index is -0.367. The fourth-order valence-electron chi connectivity index (χ4n) is 1.70. The van der Waals surface area contributed by atoms with Crippen LogP contribution in [0.5, 0.6) is 0 Å². The van der Waals surface area contributed by atoms with E-state index in [-0.39, 0.29) is 12.0 Å². The van der Waals surface area contributed by atoms with Gasteiger partial charge in [-0.1, -0.05) is 12.1 Å². The zero-order chi connectivity index (χ0) is 13.5. The Kier molecular flexibility index (Phi) is 5.65. The third kappa shape index (κ3) is 5.19. The van der Waals surface area contributed by atoms with Crippen molar-refractivity contribution in [3.05, 3.63) is 29.8 Å². The Balaban J connectivity index is 2.36. The number of carbonyl (C=O) groups is 1.